The number of hydrogen-bond donors (Lipinski definition) is 2. The van der Waals surface area contributed by atoms with Crippen molar-refractivity contribution in [3.05, 3.63) is 71.9 Å². The first-order chi connectivity index (χ1) is 11.1. The van der Waals surface area contributed by atoms with Crippen molar-refractivity contribution >= 4 is 22.8 Å². The minimum absolute atomic E-state index is 0.297. The Morgan fingerprint density at radius 3 is 2.52 bits per heavy atom. The van der Waals surface area contributed by atoms with E-state index < -0.39 is 18.0 Å². The fraction of sp³-hybridized carbons (Fsp3) is 0.111. The number of para-hydroxylation sites is 1. The highest BCUT2D eigenvalue weighted by molar-refractivity contribution is 5.98. The number of hydrogen-bond acceptors (Lipinski definition) is 4. The molecule has 0 aliphatic rings. The summed E-state index contributed by atoms with van der Waals surface area (Å²) < 4.78 is 4.85. The van der Waals surface area contributed by atoms with Gasteiger partial charge < -0.3 is 15.5 Å². The van der Waals surface area contributed by atoms with Gasteiger partial charge in [-0.2, -0.15) is 0 Å². The molecule has 23 heavy (non-hydrogen) atoms. The van der Waals surface area contributed by atoms with Gasteiger partial charge in [-0.25, -0.2) is 9.59 Å². The number of nitrogens with two attached hydrogens (primary N) is 1. The maximum Gasteiger partial charge on any atom is 0.345 e. The molecule has 0 aliphatic heterocycles. The monoisotopic (exact) mass is 308 g/mol. The van der Waals surface area contributed by atoms with Crippen molar-refractivity contribution < 1.29 is 14.3 Å². The number of nitrogens with one attached hydrogen (secondary N) is 1. The van der Waals surface area contributed by atoms with Gasteiger partial charge in [0.1, 0.15) is 6.04 Å². The molecule has 1 heterocycles. The van der Waals surface area contributed by atoms with E-state index in [0.29, 0.717) is 12.0 Å². The number of rotatable bonds is 4. The molecule has 1 aromatic heterocycles. The second-order valence-corrected chi connectivity index (χ2v) is 5.24. The third-order valence-electron chi connectivity index (χ3n) is 3.62. The van der Waals surface area contributed by atoms with Gasteiger partial charge >= 0.3 is 11.9 Å². The van der Waals surface area contributed by atoms with E-state index in [1.54, 1.807) is 30.3 Å². The Kier molecular flexibility index (Phi) is 4.21. The van der Waals surface area contributed by atoms with Gasteiger partial charge in [-0.3, -0.25) is 0 Å². The van der Waals surface area contributed by atoms with Crippen LogP contribution in [0.2, 0.25) is 0 Å². The van der Waals surface area contributed by atoms with E-state index in [1.807, 2.05) is 30.5 Å². The standard InChI is InChI=1S/C18H16N2O3/c19-15(10-13-11-20-16-9-5-4-8-14(13)16)18(22)23-17(21)12-6-2-1-3-7-12/h1-9,11,15,20H,10,19H2/t15-/m0/s1. The minimum Gasteiger partial charge on any atom is -0.388 e. The van der Waals surface area contributed by atoms with Crippen LogP contribution in [0.25, 0.3) is 10.9 Å². The van der Waals surface area contributed by atoms with Crippen LogP contribution in [-0.4, -0.2) is 23.0 Å². The Hall–Kier alpha value is -2.92. The molecule has 5 nitrogen and oxygen atoms in total. The summed E-state index contributed by atoms with van der Waals surface area (Å²) in [6, 6.07) is 15.2. The number of carbonyl (C=O) groups is 2. The van der Waals surface area contributed by atoms with Crippen molar-refractivity contribution in [2.75, 3.05) is 0 Å². The molecule has 3 N–H and O–H groups in total. The minimum atomic E-state index is -0.901. The van der Waals surface area contributed by atoms with E-state index in [2.05, 4.69) is 4.98 Å². The molecule has 116 valence electrons. The molecule has 0 saturated carbocycles. The molecule has 0 fully saturated rings. The fourth-order valence-corrected chi connectivity index (χ4v) is 2.42. The summed E-state index contributed by atoms with van der Waals surface area (Å²) in [5.41, 5.74) is 8.09. The summed E-state index contributed by atoms with van der Waals surface area (Å²) in [6.07, 6.45) is 2.11. The van der Waals surface area contributed by atoms with Gasteiger partial charge in [0.15, 0.2) is 0 Å². The molecule has 0 amide bonds. The summed E-state index contributed by atoms with van der Waals surface area (Å²) in [5.74, 6) is -1.42. The lowest BCUT2D eigenvalue weighted by molar-refractivity contribution is -0.139. The van der Waals surface area contributed by atoms with Gasteiger partial charge in [-0.05, 0) is 23.8 Å². The lowest BCUT2D eigenvalue weighted by atomic mass is 10.1. The van der Waals surface area contributed by atoms with Gasteiger partial charge in [0, 0.05) is 23.5 Å². The molecule has 0 aliphatic carbocycles. The van der Waals surface area contributed by atoms with Crippen molar-refractivity contribution in [3.8, 4) is 0 Å². The third kappa shape index (κ3) is 3.30. The average molecular weight is 308 g/mol. The van der Waals surface area contributed by atoms with Crippen LogP contribution in [0, 0.1) is 0 Å². The number of aromatic amines is 1. The lowest BCUT2D eigenvalue weighted by Crippen LogP contribution is -2.35. The summed E-state index contributed by atoms with van der Waals surface area (Å²) in [5, 5.41) is 1.00. The first-order valence-corrected chi connectivity index (χ1v) is 7.27. The van der Waals surface area contributed by atoms with Gasteiger partial charge in [0.25, 0.3) is 0 Å². The number of esters is 2. The molecule has 0 unspecified atom stereocenters. The van der Waals surface area contributed by atoms with Crippen molar-refractivity contribution in [2.24, 2.45) is 5.73 Å². The Morgan fingerprint density at radius 1 is 1.04 bits per heavy atom. The van der Waals surface area contributed by atoms with E-state index in [1.165, 1.54) is 0 Å². The number of H-pyrrole nitrogens is 1. The van der Waals surface area contributed by atoms with E-state index in [-0.39, 0.29) is 0 Å². The number of fused-ring (bicyclic) bond motifs is 1. The van der Waals surface area contributed by atoms with Crippen molar-refractivity contribution in [1.82, 2.24) is 4.98 Å². The number of carbonyl (C=O) groups excluding carboxylic acids is 2. The van der Waals surface area contributed by atoms with Crippen LogP contribution in [0.4, 0.5) is 0 Å². The number of ether oxygens (including phenoxy) is 1. The summed E-state index contributed by atoms with van der Waals surface area (Å²) in [7, 11) is 0. The molecule has 0 radical (unpaired) electrons. The zero-order valence-electron chi connectivity index (χ0n) is 12.4. The van der Waals surface area contributed by atoms with E-state index in [9.17, 15) is 9.59 Å². The average Bonchev–Trinajstić information content (AvgIpc) is 2.98. The molecule has 3 rings (SSSR count). The Balaban J connectivity index is 1.67. The van der Waals surface area contributed by atoms with Crippen LogP contribution in [-0.2, 0) is 16.0 Å². The Morgan fingerprint density at radius 2 is 1.74 bits per heavy atom. The van der Waals surface area contributed by atoms with E-state index in [4.69, 9.17) is 10.5 Å². The van der Waals surface area contributed by atoms with Crippen LogP contribution in [0.3, 0.4) is 0 Å². The maximum atomic E-state index is 12.0. The maximum absolute atomic E-state index is 12.0. The molecular formula is C18H16N2O3. The molecule has 0 saturated heterocycles. The van der Waals surface area contributed by atoms with Crippen molar-refractivity contribution in [3.63, 3.8) is 0 Å². The molecule has 3 aromatic rings. The highest BCUT2D eigenvalue weighted by Gasteiger charge is 2.21. The number of benzene rings is 2. The predicted molar refractivity (Wildman–Crippen MR) is 86.8 cm³/mol. The molecule has 1 atom stereocenters. The second kappa shape index (κ2) is 6.46. The lowest BCUT2D eigenvalue weighted by Gasteiger charge is -2.10. The van der Waals surface area contributed by atoms with Crippen LogP contribution in [0.15, 0.2) is 60.8 Å². The second-order valence-electron chi connectivity index (χ2n) is 5.24. The van der Waals surface area contributed by atoms with Gasteiger partial charge in [0.05, 0.1) is 5.56 Å². The van der Waals surface area contributed by atoms with Crippen molar-refractivity contribution in [1.29, 1.82) is 0 Å². The number of aromatic nitrogens is 1. The summed E-state index contributed by atoms with van der Waals surface area (Å²) in [6.45, 7) is 0. The molecule has 0 bridgehead atoms. The predicted octanol–water partition coefficient (Wildman–Crippen LogP) is 2.42. The molecule has 0 spiro atoms. The first-order valence-electron chi connectivity index (χ1n) is 7.27. The highest BCUT2D eigenvalue weighted by atomic mass is 16.6. The topological polar surface area (TPSA) is 85.2 Å². The fourth-order valence-electron chi connectivity index (χ4n) is 2.42. The zero-order chi connectivity index (χ0) is 16.2. The molecule has 5 heteroatoms. The Labute approximate surface area is 133 Å². The van der Waals surface area contributed by atoms with Crippen LogP contribution >= 0.6 is 0 Å². The van der Waals surface area contributed by atoms with Crippen LogP contribution in [0.1, 0.15) is 15.9 Å². The summed E-state index contributed by atoms with van der Waals surface area (Å²) in [4.78, 5) is 27.0. The van der Waals surface area contributed by atoms with Crippen LogP contribution in [0.5, 0.6) is 0 Å². The van der Waals surface area contributed by atoms with E-state index in [0.717, 1.165) is 16.5 Å². The SMILES string of the molecule is N[C@@H](Cc1c[nH]c2ccccc12)C(=O)OC(=O)c1ccccc1. The molecular weight excluding hydrogens is 292 g/mol. The normalized spacial score (nSPS) is 12.0. The smallest absolute Gasteiger partial charge is 0.345 e. The first kappa shape index (κ1) is 15.0. The quantitative estimate of drug-likeness (QED) is 0.572. The van der Waals surface area contributed by atoms with Gasteiger partial charge in [0.2, 0.25) is 0 Å². The Bertz CT molecular complexity index is 840. The molecule has 2 aromatic carbocycles. The zero-order valence-corrected chi connectivity index (χ0v) is 12.4. The third-order valence-corrected chi connectivity index (χ3v) is 3.62. The van der Waals surface area contributed by atoms with Crippen molar-refractivity contribution in [2.45, 2.75) is 12.5 Å². The summed E-state index contributed by atoms with van der Waals surface area (Å²) >= 11 is 0. The van der Waals surface area contributed by atoms with Gasteiger partial charge in [-0.1, -0.05) is 36.4 Å². The highest BCUT2D eigenvalue weighted by Crippen LogP contribution is 2.19. The largest absolute Gasteiger partial charge is 0.388 e. The van der Waals surface area contributed by atoms with Gasteiger partial charge in [-0.15, -0.1) is 0 Å². The van der Waals surface area contributed by atoms with Crippen LogP contribution < -0.4 is 5.73 Å². The van der Waals surface area contributed by atoms with E-state index >= 15 is 0 Å².